The smallest absolute Gasteiger partial charge is 0.0794 e. The third-order valence-corrected chi connectivity index (χ3v) is 2.78. The molecule has 0 bridgehead atoms. The van der Waals surface area contributed by atoms with Gasteiger partial charge in [-0.2, -0.15) is 0 Å². The average molecular weight is 194 g/mol. The second-order valence-corrected chi connectivity index (χ2v) is 3.81. The van der Waals surface area contributed by atoms with Crippen LogP contribution >= 0.6 is 11.3 Å². The minimum atomic E-state index is 0.394. The number of unbranched alkanes of at least 4 members (excludes halogenated alkanes) is 1. The number of hydrogen-bond donors (Lipinski definition) is 1. The summed E-state index contributed by atoms with van der Waals surface area (Å²) in [5.74, 6) is 2.63. The van der Waals surface area contributed by atoms with Crippen molar-refractivity contribution < 1.29 is 0 Å². The summed E-state index contributed by atoms with van der Waals surface area (Å²) in [5, 5.41) is 3.39. The van der Waals surface area contributed by atoms with Crippen LogP contribution in [0.5, 0.6) is 0 Å². The van der Waals surface area contributed by atoms with E-state index in [1.54, 1.807) is 11.3 Å². The first kappa shape index (κ1) is 10.2. The van der Waals surface area contributed by atoms with E-state index in [1.165, 1.54) is 4.88 Å². The Kier molecular flexibility index (Phi) is 4.52. The second-order valence-electron chi connectivity index (χ2n) is 2.89. The lowest BCUT2D eigenvalue weighted by molar-refractivity contribution is 0.569. The summed E-state index contributed by atoms with van der Waals surface area (Å²) in [6, 6.07) is 0.394. The molecule has 1 rings (SSSR count). The maximum Gasteiger partial charge on any atom is 0.0794 e. The molecule has 0 aliphatic rings. The highest BCUT2D eigenvalue weighted by Gasteiger charge is 2.04. The van der Waals surface area contributed by atoms with E-state index >= 15 is 0 Å². The Morgan fingerprint density at radius 2 is 2.62 bits per heavy atom. The quantitative estimate of drug-likeness (QED) is 0.574. The van der Waals surface area contributed by atoms with Crippen molar-refractivity contribution >= 4 is 11.3 Å². The van der Waals surface area contributed by atoms with Crippen LogP contribution in [0.2, 0.25) is 0 Å². The molecule has 1 heterocycles. The van der Waals surface area contributed by atoms with E-state index in [1.807, 2.05) is 11.7 Å². The first-order chi connectivity index (χ1) is 6.34. The number of nitrogens with one attached hydrogen (secondary N) is 1. The van der Waals surface area contributed by atoms with Crippen molar-refractivity contribution in [2.24, 2.45) is 0 Å². The predicted octanol–water partition coefficient (Wildman–Crippen LogP) is 2.21. The first-order valence-corrected chi connectivity index (χ1v) is 5.28. The molecule has 70 valence electrons. The number of hydrogen-bond acceptors (Lipinski definition) is 3. The molecule has 0 saturated heterocycles. The van der Waals surface area contributed by atoms with Gasteiger partial charge in [-0.15, -0.1) is 23.7 Å². The lowest BCUT2D eigenvalue weighted by Crippen LogP contribution is -2.18. The van der Waals surface area contributed by atoms with Gasteiger partial charge in [0.25, 0.3) is 0 Å². The van der Waals surface area contributed by atoms with Crippen LogP contribution < -0.4 is 5.32 Å². The highest BCUT2D eigenvalue weighted by molar-refractivity contribution is 7.09. The Morgan fingerprint density at radius 3 is 3.23 bits per heavy atom. The van der Waals surface area contributed by atoms with E-state index in [0.29, 0.717) is 6.04 Å². The van der Waals surface area contributed by atoms with Gasteiger partial charge in [0, 0.05) is 23.5 Å². The van der Waals surface area contributed by atoms with E-state index in [9.17, 15) is 0 Å². The molecular formula is C10H14N2S. The minimum Gasteiger partial charge on any atom is -0.309 e. The summed E-state index contributed by atoms with van der Waals surface area (Å²) in [4.78, 5) is 5.31. The highest BCUT2D eigenvalue weighted by Crippen LogP contribution is 2.15. The van der Waals surface area contributed by atoms with Gasteiger partial charge in [-0.1, -0.05) is 0 Å². The molecule has 1 aromatic rings. The minimum absolute atomic E-state index is 0.394. The Morgan fingerprint density at radius 1 is 1.77 bits per heavy atom. The monoisotopic (exact) mass is 194 g/mol. The fraction of sp³-hybridized carbons (Fsp3) is 0.500. The van der Waals surface area contributed by atoms with Crippen molar-refractivity contribution in [2.45, 2.75) is 25.8 Å². The SMILES string of the molecule is C#CCCCNC(C)c1cncs1. The van der Waals surface area contributed by atoms with Gasteiger partial charge in [-0.3, -0.25) is 4.98 Å². The molecule has 2 nitrogen and oxygen atoms in total. The lowest BCUT2D eigenvalue weighted by Gasteiger charge is -2.10. The maximum atomic E-state index is 5.15. The van der Waals surface area contributed by atoms with Crippen molar-refractivity contribution in [1.29, 1.82) is 0 Å². The third kappa shape index (κ3) is 3.58. The molecule has 1 atom stereocenters. The van der Waals surface area contributed by atoms with Gasteiger partial charge in [-0.25, -0.2) is 0 Å². The molecule has 1 unspecified atom stereocenters. The van der Waals surface area contributed by atoms with Gasteiger partial charge in [0.2, 0.25) is 0 Å². The van der Waals surface area contributed by atoms with E-state index in [-0.39, 0.29) is 0 Å². The Balaban J connectivity index is 2.19. The van der Waals surface area contributed by atoms with Crippen molar-refractivity contribution in [1.82, 2.24) is 10.3 Å². The van der Waals surface area contributed by atoms with Crippen molar-refractivity contribution in [2.75, 3.05) is 6.54 Å². The summed E-state index contributed by atoms with van der Waals surface area (Å²) < 4.78 is 0. The van der Waals surface area contributed by atoms with Crippen molar-refractivity contribution in [3.63, 3.8) is 0 Å². The van der Waals surface area contributed by atoms with Gasteiger partial charge in [0.15, 0.2) is 0 Å². The van der Waals surface area contributed by atoms with Gasteiger partial charge in [-0.05, 0) is 19.9 Å². The molecule has 0 fully saturated rings. The van der Waals surface area contributed by atoms with Crippen molar-refractivity contribution in [3.05, 3.63) is 16.6 Å². The van der Waals surface area contributed by atoms with Crippen LogP contribution in [0.1, 0.15) is 30.7 Å². The number of terminal acetylenes is 1. The average Bonchev–Trinajstić information content (AvgIpc) is 2.65. The van der Waals surface area contributed by atoms with Crippen molar-refractivity contribution in [3.8, 4) is 12.3 Å². The zero-order chi connectivity index (χ0) is 9.52. The molecule has 0 saturated carbocycles. The molecule has 13 heavy (non-hydrogen) atoms. The standard InChI is InChI=1S/C10H14N2S/c1-3-4-5-6-12-9(2)10-7-11-8-13-10/h1,7-9,12H,4-6H2,2H3. The summed E-state index contributed by atoms with van der Waals surface area (Å²) in [7, 11) is 0. The van der Waals surface area contributed by atoms with E-state index in [4.69, 9.17) is 6.42 Å². The molecule has 0 amide bonds. The van der Waals surface area contributed by atoms with E-state index in [0.717, 1.165) is 19.4 Å². The number of thiazole rings is 1. The van der Waals surface area contributed by atoms with Gasteiger partial charge >= 0.3 is 0 Å². The van der Waals surface area contributed by atoms with Crippen LogP contribution in [0.3, 0.4) is 0 Å². The molecule has 0 aromatic carbocycles. The zero-order valence-electron chi connectivity index (χ0n) is 7.79. The number of nitrogens with zero attached hydrogens (tertiary/aromatic N) is 1. The van der Waals surface area contributed by atoms with Gasteiger partial charge in [0.05, 0.1) is 5.51 Å². The second kappa shape index (κ2) is 5.74. The fourth-order valence-electron chi connectivity index (χ4n) is 1.05. The number of aromatic nitrogens is 1. The normalized spacial score (nSPS) is 12.3. The molecular weight excluding hydrogens is 180 g/mol. The fourth-order valence-corrected chi connectivity index (χ4v) is 1.70. The van der Waals surface area contributed by atoms with Crippen LogP contribution in [0.15, 0.2) is 11.7 Å². The van der Waals surface area contributed by atoms with E-state index < -0.39 is 0 Å². The van der Waals surface area contributed by atoms with Crippen LogP contribution in [-0.2, 0) is 0 Å². The predicted molar refractivity (Wildman–Crippen MR) is 56.6 cm³/mol. The van der Waals surface area contributed by atoms with E-state index in [2.05, 4.69) is 23.1 Å². The topological polar surface area (TPSA) is 24.9 Å². The third-order valence-electron chi connectivity index (χ3n) is 1.83. The zero-order valence-corrected chi connectivity index (χ0v) is 8.60. The molecule has 3 heteroatoms. The summed E-state index contributed by atoms with van der Waals surface area (Å²) in [6.07, 6.45) is 8.95. The molecule has 0 aliphatic carbocycles. The Hall–Kier alpha value is -0.850. The summed E-state index contributed by atoms with van der Waals surface area (Å²) in [6.45, 7) is 3.12. The summed E-state index contributed by atoms with van der Waals surface area (Å²) in [5.41, 5.74) is 1.86. The molecule has 0 spiro atoms. The lowest BCUT2D eigenvalue weighted by atomic mass is 10.2. The first-order valence-electron chi connectivity index (χ1n) is 4.40. The Bertz CT molecular complexity index is 261. The molecule has 0 radical (unpaired) electrons. The van der Waals surface area contributed by atoms with Gasteiger partial charge in [0.1, 0.15) is 0 Å². The molecule has 1 N–H and O–H groups in total. The van der Waals surface area contributed by atoms with Crippen LogP contribution in [0, 0.1) is 12.3 Å². The van der Waals surface area contributed by atoms with Crippen LogP contribution in [-0.4, -0.2) is 11.5 Å². The highest BCUT2D eigenvalue weighted by atomic mass is 32.1. The van der Waals surface area contributed by atoms with Crippen LogP contribution in [0.4, 0.5) is 0 Å². The van der Waals surface area contributed by atoms with Gasteiger partial charge < -0.3 is 5.32 Å². The number of rotatable bonds is 5. The van der Waals surface area contributed by atoms with Crippen LogP contribution in [0.25, 0.3) is 0 Å². The molecule has 0 aliphatic heterocycles. The molecule has 1 aromatic heterocycles. The Labute approximate surface area is 83.4 Å². The maximum absolute atomic E-state index is 5.15. The summed E-state index contributed by atoms with van der Waals surface area (Å²) >= 11 is 1.68. The largest absolute Gasteiger partial charge is 0.309 e.